The van der Waals surface area contributed by atoms with Gasteiger partial charge < -0.3 is 0 Å². The first-order valence-corrected chi connectivity index (χ1v) is 3.69. The number of alkyl halides is 1. The van der Waals surface area contributed by atoms with Crippen LogP contribution in [0.25, 0.3) is 0 Å². The van der Waals surface area contributed by atoms with Crippen molar-refractivity contribution in [1.82, 2.24) is 0 Å². The zero-order valence-electron chi connectivity index (χ0n) is 3.19. The maximum Gasteiger partial charge on any atom is 0.0598 e. The first-order chi connectivity index (χ1) is 2.84. The molecule has 0 saturated carbocycles. The van der Waals surface area contributed by atoms with Gasteiger partial charge in [-0.3, -0.25) is 4.21 Å². The second-order valence-electron chi connectivity index (χ2n) is 1.32. The normalized spacial score (nSPS) is 42.8. The molecule has 3 heteroatoms. The fraction of sp³-hybridized carbons (Fsp3) is 1.00. The SMILES string of the molecule is O=S1CC1CCl. The fourth-order valence-corrected chi connectivity index (χ4v) is 1.63. The topological polar surface area (TPSA) is 17.1 Å². The van der Waals surface area contributed by atoms with Gasteiger partial charge >= 0.3 is 0 Å². The van der Waals surface area contributed by atoms with Crippen molar-refractivity contribution in [2.75, 3.05) is 11.6 Å². The van der Waals surface area contributed by atoms with E-state index in [-0.39, 0.29) is 0 Å². The van der Waals surface area contributed by atoms with Gasteiger partial charge in [0.1, 0.15) is 0 Å². The molecule has 1 fully saturated rings. The molecule has 1 aliphatic heterocycles. The summed E-state index contributed by atoms with van der Waals surface area (Å²) < 4.78 is 10.1. The molecule has 1 saturated heterocycles. The van der Waals surface area contributed by atoms with E-state index in [0.717, 1.165) is 5.75 Å². The molecule has 0 bridgehead atoms. The number of hydrogen-bond acceptors (Lipinski definition) is 1. The van der Waals surface area contributed by atoms with Crippen molar-refractivity contribution in [1.29, 1.82) is 0 Å². The minimum Gasteiger partial charge on any atom is -0.259 e. The lowest BCUT2D eigenvalue weighted by Crippen LogP contribution is -1.82. The van der Waals surface area contributed by atoms with Crippen LogP contribution in [0.5, 0.6) is 0 Å². The summed E-state index contributed by atoms with van der Waals surface area (Å²) in [7, 11) is -0.531. The van der Waals surface area contributed by atoms with Crippen LogP contribution in [0.1, 0.15) is 0 Å². The van der Waals surface area contributed by atoms with Crippen molar-refractivity contribution >= 4 is 22.4 Å². The summed E-state index contributed by atoms with van der Waals surface area (Å²) in [5.41, 5.74) is 0. The van der Waals surface area contributed by atoms with E-state index >= 15 is 0 Å². The Bertz CT molecular complexity index is 82.9. The Balaban J connectivity index is 2.26. The zero-order valence-corrected chi connectivity index (χ0v) is 4.76. The molecule has 1 aliphatic rings. The predicted octanol–water partition coefficient (Wildman–Crippen LogP) is 0.356. The van der Waals surface area contributed by atoms with Crippen LogP contribution in [0.2, 0.25) is 0 Å². The van der Waals surface area contributed by atoms with E-state index in [0.29, 0.717) is 11.1 Å². The first-order valence-electron chi connectivity index (χ1n) is 1.77. The van der Waals surface area contributed by atoms with Gasteiger partial charge in [-0.05, 0) is 0 Å². The summed E-state index contributed by atoms with van der Waals surface area (Å²) in [5, 5.41) is 0.340. The summed E-state index contributed by atoms with van der Waals surface area (Å²) in [6.45, 7) is 0. The molecule has 0 radical (unpaired) electrons. The highest BCUT2D eigenvalue weighted by Gasteiger charge is 2.31. The van der Waals surface area contributed by atoms with E-state index in [9.17, 15) is 4.21 Å². The van der Waals surface area contributed by atoms with Gasteiger partial charge in [0.2, 0.25) is 0 Å². The minimum absolute atomic E-state index is 0.340. The van der Waals surface area contributed by atoms with Crippen LogP contribution in [0.3, 0.4) is 0 Å². The molecular weight excluding hydrogens is 120 g/mol. The zero-order chi connectivity index (χ0) is 4.57. The first kappa shape index (κ1) is 4.60. The van der Waals surface area contributed by atoms with Crippen molar-refractivity contribution in [2.45, 2.75) is 5.25 Å². The summed E-state index contributed by atoms with van der Waals surface area (Å²) in [6, 6.07) is 0. The Morgan fingerprint density at radius 2 is 2.50 bits per heavy atom. The molecule has 0 aliphatic carbocycles. The molecule has 0 aromatic carbocycles. The third-order valence-corrected chi connectivity index (χ3v) is 2.71. The Morgan fingerprint density at radius 3 is 2.50 bits per heavy atom. The molecule has 0 aromatic heterocycles. The molecule has 36 valence electrons. The third-order valence-electron chi connectivity index (χ3n) is 0.779. The van der Waals surface area contributed by atoms with Crippen molar-refractivity contribution < 1.29 is 4.21 Å². The molecule has 1 rings (SSSR count). The average molecular weight is 125 g/mol. The van der Waals surface area contributed by atoms with Gasteiger partial charge in [-0.2, -0.15) is 0 Å². The Labute approximate surface area is 44.1 Å². The lowest BCUT2D eigenvalue weighted by molar-refractivity contribution is 0.693. The highest BCUT2D eigenvalue weighted by molar-refractivity contribution is 7.93. The monoisotopic (exact) mass is 124 g/mol. The molecule has 0 amide bonds. The number of hydrogen-bond donors (Lipinski definition) is 0. The maximum absolute atomic E-state index is 10.1. The Morgan fingerprint density at radius 1 is 2.00 bits per heavy atom. The van der Waals surface area contributed by atoms with Crippen LogP contribution in [-0.4, -0.2) is 21.1 Å². The second kappa shape index (κ2) is 1.51. The molecule has 0 spiro atoms. The smallest absolute Gasteiger partial charge is 0.0598 e. The van der Waals surface area contributed by atoms with E-state index in [4.69, 9.17) is 11.6 Å². The molecule has 0 aromatic rings. The maximum atomic E-state index is 10.1. The Hall–Kier alpha value is 0.440. The van der Waals surface area contributed by atoms with Crippen molar-refractivity contribution in [2.24, 2.45) is 0 Å². The summed E-state index contributed by atoms with van der Waals surface area (Å²) in [5.74, 6) is 1.41. The molecule has 2 unspecified atom stereocenters. The summed E-state index contributed by atoms with van der Waals surface area (Å²) >= 11 is 5.30. The lowest BCUT2D eigenvalue weighted by Gasteiger charge is -1.68. The quantitative estimate of drug-likeness (QED) is 0.364. The summed E-state index contributed by atoms with van der Waals surface area (Å²) in [4.78, 5) is 0. The van der Waals surface area contributed by atoms with Crippen LogP contribution in [0.4, 0.5) is 0 Å². The van der Waals surface area contributed by atoms with Gasteiger partial charge in [0.15, 0.2) is 0 Å². The van der Waals surface area contributed by atoms with E-state index in [2.05, 4.69) is 0 Å². The van der Waals surface area contributed by atoms with Gasteiger partial charge in [-0.1, -0.05) is 0 Å². The fourth-order valence-electron chi connectivity index (χ4n) is 0.259. The average Bonchev–Trinajstić information content (AvgIpc) is 2.19. The van der Waals surface area contributed by atoms with Crippen molar-refractivity contribution in [3.8, 4) is 0 Å². The van der Waals surface area contributed by atoms with E-state index in [1.54, 1.807) is 0 Å². The standard InChI is InChI=1S/C3H5ClOS/c4-1-3-2-6(3)5/h3H,1-2H2. The van der Waals surface area contributed by atoms with E-state index in [1.165, 1.54) is 0 Å². The molecular formula is C3H5ClOS. The van der Waals surface area contributed by atoms with Crippen molar-refractivity contribution in [3.05, 3.63) is 0 Å². The van der Waals surface area contributed by atoms with E-state index in [1.807, 2.05) is 0 Å². The van der Waals surface area contributed by atoms with Gasteiger partial charge in [0.05, 0.1) is 5.25 Å². The van der Waals surface area contributed by atoms with Crippen LogP contribution in [0, 0.1) is 0 Å². The molecule has 6 heavy (non-hydrogen) atoms. The van der Waals surface area contributed by atoms with Gasteiger partial charge in [0, 0.05) is 22.4 Å². The highest BCUT2D eigenvalue weighted by atomic mass is 35.5. The molecule has 1 heterocycles. The van der Waals surface area contributed by atoms with Gasteiger partial charge in [-0.25, -0.2) is 0 Å². The number of halogens is 1. The number of rotatable bonds is 1. The third kappa shape index (κ3) is 0.738. The Kier molecular flexibility index (Phi) is 1.15. The molecule has 0 N–H and O–H groups in total. The van der Waals surface area contributed by atoms with Gasteiger partial charge in [0.25, 0.3) is 0 Å². The lowest BCUT2D eigenvalue weighted by atomic mass is 10.6. The largest absolute Gasteiger partial charge is 0.259 e. The van der Waals surface area contributed by atoms with Crippen LogP contribution >= 0.6 is 11.6 Å². The summed E-state index contributed by atoms with van der Waals surface area (Å²) in [6.07, 6.45) is 0. The van der Waals surface area contributed by atoms with Crippen LogP contribution in [0.15, 0.2) is 0 Å². The van der Waals surface area contributed by atoms with Crippen LogP contribution in [-0.2, 0) is 10.8 Å². The minimum atomic E-state index is -0.531. The highest BCUT2D eigenvalue weighted by Crippen LogP contribution is 2.15. The molecule has 2 atom stereocenters. The van der Waals surface area contributed by atoms with Crippen molar-refractivity contribution in [3.63, 3.8) is 0 Å². The second-order valence-corrected chi connectivity index (χ2v) is 3.39. The van der Waals surface area contributed by atoms with Gasteiger partial charge in [-0.15, -0.1) is 11.6 Å². The molecule has 1 nitrogen and oxygen atoms in total. The van der Waals surface area contributed by atoms with E-state index < -0.39 is 10.8 Å². The van der Waals surface area contributed by atoms with Crippen LogP contribution < -0.4 is 0 Å². The predicted molar refractivity (Wildman–Crippen MR) is 27.5 cm³/mol.